The van der Waals surface area contributed by atoms with E-state index in [1.807, 2.05) is 6.92 Å². The minimum absolute atomic E-state index is 0.0863. The van der Waals surface area contributed by atoms with Crippen LogP contribution in [0.4, 0.5) is 5.69 Å². The fourth-order valence-corrected chi connectivity index (χ4v) is 2.18. The average molecular weight is 264 g/mol. The minimum Gasteiger partial charge on any atom is -0.386 e. The second kappa shape index (κ2) is 4.62. The van der Waals surface area contributed by atoms with E-state index in [-0.39, 0.29) is 24.3 Å². The molecule has 0 saturated carbocycles. The lowest BCUT2D eigenvalue weighted by atomic mass is 9.90. The Morgan fingerprint density at radius 1 is 1.53 bits per heavy atom. The Labute approximate surface area is 110 Å². The van der Waals surface area contributed by atoms with Crippen molar-refractivity contribution in [2.45, 2.75) is 25.9 Å². The third-order valence-corrected chi connectivity index (χ3v) is 3.49. The van der Waals surface area contributed by atoms with Gasteiger partial charge in [0.2, 0.25) is 0 Å². The Bertz CT molecular complexity index is 535. The molecule has 1 aromatic rings. The first-order chi connectivity index (χ1) is 8.86. The molecule has 1 aliphatic heterocycles. The van der Waals surface area contributed by atoms with Gasteiger partial charge in [-0.05, 0) is 25.0 Å². The highest BCUT2D eigenvalue weighted by atomic mass is 16.6. The van der Waals surface area contributed by atoms with Crippen LogP contribution >= 0.6 is 0 Å². The zero-order valence-electron chi connectivity index (χ0n) is 10.9. The van der Waals surface area contributed by atoms with E-state index in [1.54, 1.807) is 13.0 Å². The molecule has 1 N–H and O–H groups in total. The number of nitrogens with zero attached hydrogens (tertiary/aromatic N) is 2. The van der Waals surface area contributed by atoms with Crippen molar-refractivity contribution < 1.29 is 14.8 Å². The van der Waals surface area contributed by atoms with Crippen LogP contribution in [0.1, 0.15) is 29.3 Å². The molecule has 0 aromatic heterocycles. The fraction of sp³-hybridized carbons (Fsp3) is 0.462. The number of likely N-dealkylation sites (tertiary alicyclic amines) is 1. The molecule has 1 saturated heterocycles. The molecule has 19 heavy (non-hydrogen) atoms. The normalized spacial score (nSPS) is 16.9. The first-order valence-electron chi connectivity index (χ1n) is 6.13. The van der Waals surface area contributed by atoms with Gasteiger partial charge in [0, 0.05) is 6.07 Å². The van der Waals surface area contributed by atoms with E-state index < -0.39 is 16.4 Å². The number of β-amino-alcohol motifs (C(OH)–C–C–N with tert-alkyl or cyclic N) is 1. The topological polar surface area (TPSA) is 83.7 Å². The van der Waals surface area contributed by atoms with Gasteiger partial charge in [0.1, 0.15) is 5.56 Å². The molecule has 1 heterocycles. The van der Waals surface area contributed by atoms with Crippen molar-refractivity contribution in [3.05, 3.63) is 39.4 Å². The van der Waals surface area contributed by atoms with Crippen LogP contribution in [0.5, 0.6) is 0 Å². The van der Waals surface area contributed by atoms with Crippen molar-refractivity contribution in [1.82, 2.24) is 4.90 Å². The summed E-state index contributed by atoms with van der Waals surface area (Å²) in [5.74, 6) is -0.395. The molecule has 6 nitrogen and oxygen atoms in total. The summed E-state index contributed by atoms with van der Waals surface area (Å²) in [7, 11) is 0. The summed E-state index contributed by atoms with van der Waals surface area (Å²) >= 11 is 0. The van der Waals surface area contributed by atoms with Crippen molar-refractivity contribution in [2.24, 2.45) is 0 Å². The predicted octanol–water partition coefficient (Wildman–Crippen LogP) is 1.50. The van der Waals surface area contributed by atoms with Gasteiger partial charge in [-0.1, -0.05) is 13.0 Å². The number of amides is 1. The lowest BCUT2D eigenvalue weighted by Gasteiger charge is -2.46. The monoisotopic (exact) mass is 264 g/mol. The summed E-state index contributed by atoms with van der Waals surface area (Å²) in [6, 6.07) is 4.46. The molecule has 1 amide bonds. The molecular weight excluding hydrogens is 248 g/mol. The Kier molecular flexibility index (Phi) is 3.28. The van der Waals surface area contributed by atoms with Crippen LogP contribution in [0, 0.1) is 17.0 Å². The van der Waals surface area contributed by atoms with E-state index in [0.29, 0.717) is 6.42 Å². The van der Waals surface area contributed by atoms with E-state index in [0.717, 1.165) is 5.56 Å². The number of aryl methyl sites for hydroxylation is 1. The summed E-state index contributed by atoms with van der Waals surface area (Å²) in [5, 5.41) is 20.8. The first kappa shape index (κ1) is 13.5. The van der Waals surface area contributed by atoms with Crippen LogP contribution in [-0.2, 0) is 0 Å². The predicted molar refractivity (Wildman–Crippen MR) is 69.0 cm³/mol. The summed E-state index contributed by atoms with van der Waals surface area (Å²) < 4.78 is 0. The highest BCUT2D eigenvalue weighted by Gasteiger charge is 2.43. The zero-order valence-corrected chi connectivity index (χ0v) is 10.9. The van der Waals surface area contributed by atoms with Crippen molar-refractivity contribution >= 4 is 11.6 Å². The molecule has 1 fully saturated rings. The molecule has 6 heteroatoms. The van der Waals surface area contributed by atoms with Gasteiger partial charge in [0.15, 0.2) is 0 Å². The van der Waals surface area contributed by atoms with Crippen molar-refractivity contribution in [3.8, 4) is 0 Å². The van der Waals surface area contributed by atoms with Crippen LogP contribution in [0.15, 0.2) is 18.2 Å². The van der Waals surface area contributed by atoms with E-state index in [9.17, 15) is 20.0 Å². The molecule has 1 aliphatic rings. The van der Waals surface area contributed by atoms with Gasteiger partial charge in [-0.15, -0.1) is 0 Å². The number of aliphatic hydroxyl groups is 1. The highest BCUT2D eigenvalue weighted by molar-refractivity contribution is 5.99. The molecule has 0 radical (unpaired) electrons. The first-order valence-corrected chi connectivity index (χ1v) is 6.13. The number of benzene rings is 1. The standard InChI is InChI=1S/C13H16N2O4/c1-3-13(17)7-14(8-13)12(16)10-6-9(2)4-5-11(10)15(18)19/h4-6,17H,3,7-8H2,1-2H3. The molecule has 0 aliphatic carbocycles. The molecule has 102 valence electrons. The fourth-order valence-electron chi connectivity index (χ4n) is 2.18. The molecule has 2 rings (SSSR count). The van der Waals surface area contributed by atoms with Crippen LogP contribution in [0.2, 0.25) is 0 Å². The van der Waals surface area contributed by atoms with Gasteiger partial charge in [0.05, 0.1) is 23.6 Å². The number of carbonyl (C=O) groups excluding carboxylic acids is 1. The molecule has 0 bridgehead atoms. The average Bonchev–Trinajstić information content (AvgIpc) is 2.33. The lowest BCUT2D eigenvalue weighted by molar-refractivity contribution is -0.385. The number of nitro groups is 1. The van der Waals surface area contributed by atoms with Crippen molar-refractivity contribution in [2.75, 3.05) is 13.1 Å². The number of rotatable bonds is 3. The summed E-state index contributed by atoms with van der Waals surface area (Å²) in [6.45, 7) is 4.08. The second-order valence-corrected chi connectivity index (χ2v) is 5.02. The minimum atomic E-state index is -0.839. The van der Waals surface area contributed by atoms with Gasteiger partial charge >= 0.3 is 0 Å². The Morgan fingerprint density at radius 3 is 2.68 bits per heavy atom. The van der Waals surface area contributed by atoms with Crippen molar-refractivity contribution in [1.29, 1.82) is 0 Å². The maximum atomic E-state index is 12.2. The summed E-state index contributed by atoms with van der Waals surface area (Å²) in [6.07, 6.45) is 0.562. The number of hydrogen-bond acceptors (Lipinski definition) is 4. The molecule has 0 spiro atoms. The molecule has 0 atom stereocenters. The maximum absolute atomic E-state index is 12.2. The van der Waals surface area contributed by atoms with Gasteiger partial charge < -0.3 is 10.0 Å². The van der Waals surface area contributed by atoms with Crippen LogP contribution in [0.25, 0.3) is 0 Å². The third-order valence-electron chi connectivity index (χ3n) is 3.49. The van der Waals surface area contributed by atoms with Gasteiger partial charge in [-0.25, -0.2) is 0 Å². The summed E-state index contributed by atoms with van der Waals surface area (Å²) in [5.41, 5.74) is -0.153. The molecule has 1 aromatic carbocycles. The van der Waals surface area contributed by atoms with Crippen molar-refractivity contribution in [3.63, 3.8) is 0 Å². The van der Waals surface area contributed by atoms with Gasteiger partial charge in [0.25, 0.3) is 11.6 Å². The van der Waals surface area contributed by atoms with Gasteiger partial charge in [-0.2, -0.15) is 0 Å². The SMILES string of the molecule is CCC1(O)CN(C(=O)c2cc(C)ccc2[N+](=O)[O-])C1. The Hall–Kier alpha value is -1.95. The van der Waals surface area contributed by atoms with E-state index in [1.165, 1.54) is 17.0 Å². The Morgan fingerprint density at radius 2 is 2.16 bits per heavy atom. The lowest BCUT2D eigenvalue weighted by Crippen LogP contribution is -2.63. The zero-order chi connectivity index (χ0) is 14.2. The van der Waals surface area contributed by atoms with E-state index >= 15 is 0 Å². The second-order valence-electron chi connectivity index (χ2n) is 5.02. The smallest absolute Gasteiger partial charge is 0.282 e. The quantitative estimate of drug-likeness (QED) is 0.662. The molecular formula is C13H16N2O4. The van der Waals surface area contributed by atoms with E-state index in [2.05, 4.69) is 0 Å². The Balaban J connectivity index is 2.25. The largest absolute Gasteiger partial charge is 0.386 e. The van der Waals surface area contributed by atoms with E-state index in [4.69, 9.17) is 0 Å². The van der Waals surface area contributed by atoms with Gasteiger partial charge in [-0.3, -0.25) is 14.9 Å². The third kappa shape index (κ3) is 2.44. The molecule has 0 unspecified atom stereocenters. The van der Waals surface area contributed by atoms with Crippen LogP contribution in [-0.4, -0.2) is 39.5 Å². The van der Waals surface area contributed by atoms with Crippen LogP contribution < -0.4 is 0 Å². The maximum Gasteiger partial charge on any atom is 0.282 e. The van der Waals surface area contributed by atoms with Crippen LogP contribution in [0.3, 0.4) is 0 Å². The number of nitro benzene ring substituents is 1. The summed E-state index contributed by atoms with van der Waals surface area (Å²) in [4.78, 5) is 24.0. The highest BCUT2D eigenvalue weighted by Crippen LogP contribution is 2.29. The number of hydrogen-bond donors (Lipinski definition) is 1. The number of carbonyl (C=O) groups is 1.